The molecule has 1 aromatic rings. The summed E-state index contributed by atoms with van der Waals surface area (Å²) >= 11 is 9.35. The number of amides is 1. The Morgan fingerprint density at radius 1 is 1.42 bits per heavy atom. The number of carbonyl (C=O) groups excluding carboxylic acids is 1. The normalized spacial score (nSPS) is 11.0. The molecule has 1 aromatic carbocycles. The molecule has 1 amide bonds. The predicted octanol–water partition coefficient (Wildman–Crippen LogP) is 4.01. The van der Waals surface area contributed by atoms with Gasteiger partial charge in [0.15, 0.2) is 0 Å². The lowest BCUT2D eigenvalue weighted by molar-refractivity contribution is 0.0520. The average molecular weight is 351 g/mol. The lowest BCUT2D eigenvalue weighted by Crippen LogP contribution is -2.34. The van der Waals surface area contributed by atoms with Crippen molar-refractivity contribution in [2.75, 3.05) is 13.2 Å². The predicted molar refractivity (Wildman–Crippen MR) is 78.9 cm³/mol. The number of nitrogens with one attached hydrogen (secondary N) is 1. The summed E-state index contributed by atoms with van der Waals surface area (Å²) in [5, 5.41) is 3.12. The van der Waals surface area contributed by atoms with E-state index in [9.17, 15) is 4.79 Å². The summed E-state index contributed by atoms with van der Waals surface area (Å²) in [5.74, 6) is 0.571. The quantitative estimate of drug-likeness (QED) is 0.835. The third-order valence-electron chi connectivity index (χ3n) is 1.94. The van der Waals surface area contributed by atoms with Crippen LogP contribution >= 0.6 is 27.5 Å². The largest absolute Gasteiger partial charge is 0.490 e. The van der Waals surface area contributed by atoms with Crippen molar-refractivity contribution in [3.8, 4) is 5.75 Å². The van der Waals surface area contributed by atoms with Gasteiger partial charge in [-0.1, -0.05) is 17.7 Å². The van der Waals surface area contributed by atoms with Gasteiger partial charge in [-0.15, -0.1) is 0 Å². The molecule has 19 heavy (non-hydrogen) atoms. The van der Waals surface area contributed by atoms with Gasteiger partial charge in [-0.3, -0.25) is 0 Å². The zero-order chi connectivity index (χ0) is 14.5. The summed E-state index contributed by atoms with van der Waals surface area (Å²) in [6, 6.07) is 5.42. The van der Waals surface area contributed by atoms with Gasteiger partial charge in [0.25, 0.3) is 0 Å². The molecule has 1 rings (SSSR count). The molecule has 1 N–H and O–H groups in total. The number of hydrogen-bond donors (Lipinski definition) is 1. The molecule has 6 heteroatoms. The van der Waals surface area contributed by atoms with E-state index in [0.29, 0.717) is 23.9 Å². The smallest absolute Gasteiger partial charge is 0.407 e. The van der Waals surface area contributed by atoms with E-state index >= 15 is 0 Å². The van der Waals surface area contributed by atoms with Crippen LogP contribution in [0.4, 0.5) is 4.79 Å². The van der Waals surface area contributed by atoms with E-state index in [1.165, 1.54) is 0 Å². The number of rotatable bonds is 4. The summed E-state index contributed by atoms with van der Waals surface area (Å²) in [4.78, 5) is 11.4. The Bertz CT molecular complexity index is 446. The summed E-state index contributed by atoms with van der Waals surface area (Å²) in [5.41, 5.74) is -0.501. The van der Waals surface area contributed by atoms with E-state index in [-0.39, 0.29) is 0 Å². The van der Waals surface area contributed by atoms with Crippen molar-refractivity contribution >= 4 is 33.6 Å². The first kappa shape index (κ1) is 16.1. The zero-order valence-electron chi connectivity index (χ0n) is 11.1. The minimum Gasteiger partial charge on any atom is -0.490 e. The maximum Gasteiger partial charge on any atom is 0.407 e. The lowest BCUT2D eigenvalue weighted by Gasteiger charge is -2.19. The molecule has 0 saturated carbocycles. The van der Waals surface area contributed by atoms with Crippen molar-refractivity contribution in [3.05, 3.63) is 27.7 Å². The van der Waals surface area contributed by atoms with Crippen molar-refractivity contribution in [3.63, 3.8) is 0 Å². The minimum atomic E-state index is -0.501. The van der Waals surface area contributed by atoms with Crippen LogP contribution in [-0.4, -0.2) is 24.8 Å². The maximum absolute atomic E-state index is 11.4. The molecule has 0 aliphatic heterocycles. The van der Waals surface area contributed by atoms with Crippen LogP contribution < -0.4 is 10.1 Å². The highest BCUT2D eigenvalue weighted by molar-refractivity contribution is 9.10. The number of benzene rings is 1. The standard InChI is InChI=1S/C13H17BrClNO3/c1-13(2,3)19-12(17)16-7-8-18-10-6-4-5-9(14)11(10)15/h4-6H,7-8H2,1-3H3,(H,16,17). The lowest BCUT2D eigenvalue weighted by atomic mass is 10.2. The van der Waals surface area contributed by atoms with Crippen molar-refractivity contribution in [1.29, 1.82) is 0 Å². The fourth-order valence-electron chi connectivity index (χ4n) is 1.22. The fourth-order valence-corrected chi connectivity index (χ4v) is 1.75. The van der Waals surface area contributed by atoms with E-state index in [2.05, 4.69) is 21.2 Å². The van der Waals surface area contributed by atoms with Crippen LogP contribution in [0.1, 0.15) is 20.8 Å². The van der Waals surface area contributed by atoms with Gasteiger partial charge in [0, 0.05) is 4.47 Å². The molecule has 0 bridgehead atoms. The summed E-state index contributed by atoms with van der Waals surface area (Å²) in [6.07, 6.45) is -0.462. The Morgan fingerprint density at radius 2 is 2.11 bits per heavy atom. The van der Waals surface area contributed by atoms with Crippen molar-refractivity contribution in [1.82, 2.24) is 5.32 Å². The number of hydrogen-bond acceptors (Lipinski definition) is 3. The monoisotopic (exact) mass is 349 g/mol. The molecule has 0 atom stereocenters. The molecule has 0 spiro atoms. The van der Waals surface area contributed by atoms with Crippen LogP contribution in [0.15, 0.2) is 22.7 Å². The number of alkyl carbamates (subject to hydrolysis) is 1. The SMILES string of the molecule is CC(C)(C)OC(=O)NCCOc1cccc(Br)c1Cl. The number of carbonyl (C=O) groups is 1. The van der Waals surface area contributed by atoms with Crippen molar-refractivity contribution in [2.24, 2.45) is 0 Å². The molecule has 106 valence electrons. The van der Waals surface area contributed by atoms with Crippen LogP contribution in [0.3, 0.4) is 0 Å². The van der Waals surface area contributed by atoms with Crippen LogP contribution in [0.2, 0.25) is 5.02 Å². The second-order valence-electron chi connectivity index (χ2n) is 4.83. The maximum atomic E-state index is 11.4. The second-order valence-corrected chi connectivity index (χ2v) is 6.06. The first-order valence-corrected chi connectivity index (χ1v) is 7.00. The number of ether oxygens (including phenoxy) is 2. The van der Waals surface area contributed by atoms with Gasteiger partial charge in [-0.25, -0.2) is 4.79 Å². The van der Waals surface area contributed by atoms with Crippen LogP contribution in [0.5, 0.6) is 5.75 Å². The number of halogens is 2. The van der Waals surface area contributed by atoms with Crippen molar-refractivity contribution in [2.45, 2.75) is 26.4 Å². The Balaban J connectivity index is 2.32. The van der Waals surface area contributed by atoms with E-state index in [0.717, 1.165) is 4.47 Å². The Labute approximate surface area is 126 Å². The molecule has 0 fully saturated rings. The second kappa shape index (κ2) is 7.01. The molecule has 0 aliphatic rings. The molecule has 4 nitrogen and oxygen atoms in total. The first-order valence-electron chi connectivity index (χ1n) is 5.83. The highest BCUT2D eigenvalue weighted by Gasteiger charge is 2.15. The van der Waals surface area contributed by atoms with E-state index in [1.807, 2.05) is 32.9 Å². The molecular formula is C13H17BrClNO3. The van der Waals surface area contributed by atoms with Gasteiger partial charge >= 0.3 is 6.09 Å². The van der Waals surface area contributed by atoms with E-state index in [1.54, 1.807) is 6.07 Å². The minimum absolute atomic E-state index is 0.315. The van der Waals surface area contributed by atoms with Crippen molar-refractivity contribution < 1.29 is 14.3 Å². The Morgan fingerprint density at radius 3 is 2.74 bits per heavy atom. The molecule has 0 aliphatic carbocycles. The van der Waals surface area contributed by atoms with Gasteiger partial charge in [0.05, 0.1) is 11.6 Å². The van der Waals surface area contributed by atoms with Gasteiger partial charge < -0.3 is 14.8 Å². The highest BCUT2D eigenvalue weighted by atomic mass is 79.9. The third-order valence-corrected chi connectivity index (χ3v) is 3.22. The Kier molecular flexibility index (Phi) is 5.94. The fraction of sp³-hybridized carbons (Fsp3) is 0.462. The van der Waals surface area contributed by atoms with Gasteiger partial charge in [0.2, 0.25) is 0 Å². The van der Waals surface area contributed by atoms with E-state index in [4.69, 9.17) is 21.1 Å². The topological polar surface area (TPSA) is 47.6 Å². The Hall–Kier alpha value is -0.940. The highest BCUT2D eigenvalue weighted by Crippen LogP contribution is 2.31. The van der Waals surface area contributed by atoms with Crippen LogP contribution in [0.25, 0.3) is 0 Å². The van der Waals surface area contributed by atoms with Gasteiger partial charge in [-0.05, 0) is 48.8 Å². The molecule has 0 unspecified atom stereocenters. The summed E-state index contributed by atoms with van der Waals surface area (Å²) in [7, 11) is 0. The van der Waals surface area contributed by atoms with Gasteiger partial charge in [-0.2, -0.15) is 0 Å². The third kappa shape index (κ3) is 6.16. The molecule has 0 aromatic heterocycles. The average Bonchev–Trinajstić information content (AvgIpc) is 2.27. The molecule has 0 saturated heterocycles. The first-order chi connectivity index (χ1) is 8.79. The summed E-state index contributed by atoms with van der Waals surface area (Å²) < 4.78 is 11.3. The molecule has 0 heterocycles. The molecular weight excluding hydrogens is 334 g/mol. The summed E-state index contributed by atoms with van der Waals surface area (Å²) in [6.45, 7) is 6.09. The van der Waals surface area contributed by atoms with Crippen LogP contribution in [-0.2, 0) is 4.74 Å². The van der Waals surface area contributed by atoms with Gasteiger partial charge in [0.1, 0.15) is 18.0 Å². The van der Waals surface area contributed by atoms with E-state index < -0.39 is 11.7 Å². The van der Waals surface area contributed by atoms with Crippen LogP contribution in [0, 0.1) is 0 Å². The zero-order valence-corrected chi connectivity index (χ0v) is 13.5. The molecule has 0 radical (unpaired) electrons.